The highest BCUT2D eigenvalue weighted by molar-refractivity contribution is 5.94. The van der Waals surface area contributed by atoms with Crippen LogP contribution in [0.1, 0.15) is 18.1 Å². The number of anilines is 1. The van der Waals surface area contributed by atoms with Crippen molar-refractivity contribution >= 4 is 11.6 Å². The lowest BCUT2D eigenvalue weighted by atomic mass is 10.1. The van der Waals surface area contributed by atoms with Gasteiger partial charge in [0.1, 0.15) is 0 Å². The predicted octanol–water partition coefficient (Wildman–Crippen LogP) is 3.30. The van der Waals surface area contributed by atoms with Crippen LogP contribution in [-0.2, 0) is 11.3 Å². The molecule has 128 valence electrons. The number of benzene rings is 2. The second-order valence-corrected chi connectivity index (χ2v) is 6.04. The molecule has 25 heavy (non-hydrogen) atoms. The van der Waals surface area contributed by atoms with Crippen molar-refractivity contribution in [3.8, 4) is 5.69 Å². The zero-order valence-electron chi connectivity index (χ0n) is 14.4. The Balaban J connectivity index is 1.61. The Kier molecular flexibility index (Phi) is 5.26. The maximum Gasteiger partial charge on any atom is 0.241 e. The van der Waals surface area contributed by atoms with E-state index in [4.69, 9.17) is 0 Å². The summed E-state index contributed by atoms with van der Waals surface area (Å²) in [5, 5.41) is 10.5. The van der Waals surface area contributed by atoms with Crippen molar-refractivity contribution in [2.45, 2.75) is 26.4 Å². The highest BCUT2D eigenvalue weighted by Crippen LogP contribution is 2.14. The minimum Gasteiger partial charge on any atom is -0.325 e. The number of amides is 1. The second kappa shape index (κ2) is 7.77. The van der Waals surface area contributed by atoms with Gasteiger partial charge >= 0.3 is 0 Å². The monoisotopic (exact) mass is 334 g/mol. The van der Waals surface area contributed by atoms with Gasteiger partial charge in [0, 0.05) is 24.6 Å². The van der Waals surface area contributed by atoms with Crippen LogP contribution in [0.25, 0.3) is 5.69 Å². The average Bonchev–Trinajstić information content (AvgIpc) is 3.16. The smallest absolute Gasteiger partial charge is 0.241 e. The number of nitrogens with zero attached hydrogens (tertiary/aromatic N) is 2. The zero-order chi connectivity index (χ0) is 17.6. The van der Waals surface area contributed by atoms with E-state index in [1.54, 1.807) is 6.20 Å². The maximum absolute atomic E-state index is 12.3. The molecule has 0 aliphatic heterocycles. The molecule has 5 nitrogen and oxygen atoms in total. The summed E-state index contributed by atoms with van der Waals surface area (Å²) in [5.41, 5.74) is 4.06. The number of aryl methyl sites for hydroxylation is 1. The van der Waals surface area contributed by atoms with E-state index in [1.807, 2.05) is 79.3 Å². The lowest BCUT2D eigenvalue weighted by molar-refractivity contribution is -0.117. The van der Waals surface area contributed by atoms with E-state index in [0.29, 0.717) is 6.54 Å². The number of carbonyl (C=O) groups excluding carboxylic acids is 1. The highest BCUT2D eigenvalue weighted by atomic mass is 16.2. The van der Waals surface area contributed by atoms with Crippen LogP contribution < -0.4 is 10.6 Å². The van der Waals surface area contributed by atoms with E-state index in [1.165, 1.54) is 5.56 Å². The first kappa shape index (κ1) is 16.9. The van der Waals surface area contributed by atoms with Crippen LogP contribution >= 0.6 is 0 Å². The van der Waals surface area contributed by atoms with Gasteiger partial charge in [0.25, 0.3) is 0 Å². The third-order valence-electron chi connectivity index (χ3n) is 4.05. The van der Waals surface area contributed by atoms with Crippen LogP contribution in [0.3, 0.4) is 0 Å². The molecule has 0 saturated heterocycles. The Bertz CT molecular complexity index is 825. The average molecular weight is 334 g/mol. The fraction of sp³-hybridized carbons (Fsp3) is 0.200. The molecule has 2 aromatic carbocycles. The summed E-state index contributed by atoms with van der Waals surface area (Å²) in [7, 11) is 0. The van der Waals surface area contributed by atoms with Crippen molar-refractivity contribution in [1.82, 2.24) is 15.1 Å². The molecule has 2 N–H and O–H groups in total. The molecule has 0 aliphatic carbocycles. The second-order valence-electron chi connectivity index (χ2n) is 6.04. The minimum absolute atomic E-state index is 0.0552. The SMILES string of the molecule is Cc1ccc(NC(=O)[C@H](C)NCc2ccccc2-n2cccn2)cc1. The predicted molar refractivity (Wildman–Crippen MR) is 99.7 cm³/mol. The molecule has 0 spiro atoms. The number of hydrogen-bond acceptors (Lipinski definition) is 3. The molecule has 3 aromatic rings. The van der Waals surface area contributed by atoms with Crippen molar-refractivity contribution in [2.75, 3.05) is 5.32 Å². The summed E-state index contributed by atoms with van der Waals surface area (Å²) in [4.78, 5) is 12.3. The van der Waals surface area contributed by atoms with Gasteiger partial charge < -0.3 is 10.6 Å². The van der Waals surface area contributed by atoms with E-state index < -0.39 is 0 Å². The Labute approximate surface area is 147 Å². The molecule has 0 fully saturated rings. The largest absolute Gasteiger partial charge is 0.325 e. The maximum atomic E-state index is 12.3. The molecule has 0 saturated carbocycles. The van der Waals surface area contributed by atoms with E-state index in [2.05, 4.69) is 15.7 Å². The van der Waals surface area contributed by atoms with Gasteiger partial charge in [-0.25, -0.2) is 4.68 Å². The van der Waals surface area contributed by atoms with Gasteiger partial charge in [0.2, 0.25) is 5.91 Å². The molecule has 0 unspecified atom stereocenters. The van der Waals surface area contributed by atoms with Crippen LogP contribution in [0.5, 0.6) is 0 Å². The molecule has 5 heteroatoms. The molecule has 0 radical (unpaired) electrons. The third kappa shape index (κ3) is 4.33. The Morgan fingerprint density at radius 2 is 1.88 bits per heavy atom. The van der Waals surface area contributed by atoms with Gasteiger partial charge in [-0.1, -0.05) is 35.9 Å². The number of para-hydroxylation sites is 1. The lowest BCUT2D eigenvalue weighted by Gasteiger charge is -2.16. The fourth-order valence-corrected chi connectivity index (χ4v) is 2.54. The Morgan fingerprint density at radius 1 is 1.12 bits per heavy atom. The number of nitrogens with one attached hydrogen (secondary N) is 2. The molecular formula is C20H22N4O. The van der Waals surface area contributed by atoms with Crippen molar-refractivity contribution < 1.29 is 4.79 Å². The number of hydrogen-bond donors (Lipinski definition) is 2. The summed E-state index contributed by atoms with van der Waals surface area (Å²) in [6.07, 6.45) is 3.66. The van der Waals surface area contributed by atoms with Crippen molar-refractivity contribution in [3.05, 3.63) is 78.1 Å². The first-order valence-corrected chi connectivity index (χ1v) is 8.32. The molecule has 1 amide bonds. The summed E-state index contributed by atoms with van der Waals surface area (Å²) in [6, 6.07) is 17.4. The number of carbonyl (C=O) groups is 1. The zero-order valence-corrected chi connectivity index (χ0v) is 14.4. The number of aromatic nitrogens is 2. The minimum atomic E-state index is -0.313. The lowest BCUT2D eigenvalue weighted by Crippen LogP contribution is -2.37. The van der Waals surface area contributed by atoms with E-state index in [-0.39, 0.29) is 11.9 Å². The molecule has 1 heterocycles. The summed E-state index contributed by atoms with van der Waals surface area (Å²) >= 11 is 0. The van der Waals surface area contributed by atoms with Crippen LogP contribution in [0.2, 0.25) is 0 Å². The normalized spacial score (nSPS) is 11.9. The van der Waals surface area contributed by atoms with Crippen LogP contribution in [0, 0.1) is 6.92 Å². The fourth-order valence-electron chi connectivity index (χ4n) is 2.54. The van der Waals surface area contributed by atoms with E-state index in [0.717, 1.165) is 16.9 Å². The van der Waals surface area contributed by atoms with Gasteiger partial charge in [0.05, 0.1) is 11.7 Å². The molecular weight excluding hydrogens is 312 g/mol. The number of rotatable bonds is 6. The van der Waals surface area contributed by atoms with Crippen molar-refractivity contribution in [3.63, 3.8) is 0 Å². The van der Waals surface area contributed by atoms with Gasteiger partial charge in [-0.05, 0) is 43.7 Å². The van der Waals surface area contributed by atoms with Crippen LogP contribution in [0.15, 0.2) is 67.0 Å². The summed E-state index contributed by atoms with van der Waals surface area (Å²) < 4.78 is 1.83. The topological polar surface area (TPSA) is 59.0 Å². The van der Waals surface area contributed by atoms with Gasteiger partial charge in [0.15, 0.2) is 0 Å². The Morgan fingerprint density at radius 3 is 2.60 bits per heavy atom. The van der Waals surface area contributed by atoms with Crippen LogP contribution in [-0.4, -0.2) is 21.7 Å². The van der Waals surface area contributed by atoms with Crippen LogP contribution in [0.4, 0.5) is 5.69 Å². The first-order chi connectivity index (χ1) is 12.1. The standard InChI is InChI=1S/C20H22N4O/c1-15-8-10-18(11-9-15)23-20(25)16(2)21-14-17-6-3-4-7-19(17)24-13-5-12-22-24/h3-13,16,21H,14H2,1-2H3,(H,23,25)/t16-/m0/s1. The van der Waals surface area contributed by atoms with Crippen molar-refractivity contribution in [2.24, 2.45) is 0 Å². The third-order valence-corrected chi connectivity index (χ3v) is 4.05. The van der Waals surface area contributed by atoms with Crippen molar-refractivity contribution in [1.29, 1.82) is 0 Å². The molecule has 1 atom stereocenters. The molecule has 1 aromatic heterocycles. The quantitative estimate of drug-likeness (QED) is 0.727. The van der Waals surface area contributed by atoms with E-state index in [9.17, 15) is 4.79 Å². The van der Waals surface area contributed by atoms with Gasteiger partial charge in [-0.3, -0.25) is 4.79 Å². The summed E-state index contributed by atoms with van der Waals surface area (Å²) in [6.45, 7) is 4.46. The van der Waals surface area contributed by atoms with Gasteiger partial charge in [-0.2, -0.15) is 5.10 Å². The molecule has 0 aliphatic rings. The first-order valence-electron chi connectivity index (χ1n) is 8.32. The van der Waals surface area contributed by atoms with E-state index >= 15 is 0 Å². The Hall–Kier alpha value is -2.92. The summed E-state index contributed by atoms with van der Waals surface area (Å²) in [5.74, 6) is -0.0552. The molecule has 3 rings (SSSR count). The molecule has 0 bridgehead atoms. The highest BCUT2D eigenvalue weighted by Gasteiger charge is 2.13. The van der Waals surface area contributed by atoms with Gasteiger partial charge in [-0.15, -0.1) is 0 Å².